The molecule has 0 saturated heterocycles. The molecule has 1 rings (SSSR count). The molecule has 0 unspecified atom stereocenters. The van der Waals surface area contributed by atoms with Gasteiger partial charge in [-0.3, -0.25) is 0 Å². The van der Waals surface area contributed by atoms with Gasteiger partial charge in [-0.25, -0.2) is 0 Å². The molecule has 1 aliphatic rings. The molecule has 0 atom stereocenters. The zero-order valence-corrected chi connectivity index (χ0v) is 6.14. The Morgan fingerprint density at radius 2 is 2.11 bits per heavy atom. The van der Waals surface area contributed by atoms with E-state index >= 15 is 0 Å². The van der Waals surface area contributed by atoms with Gasteiger partial charge in [0.05, 0.1) is 5.76 Å². The molecule has 0 aromatic rings. The normalized spacial score (nSPS) is 18.3. The second-order valence-corrected chi connectivity index (χ2v) is 2.42. The van der Waals surface area contributed by atoms with E-state index in [1.54, 1.807) is 0 Å². The largest absolute Gasteiger partial charge is 0.559 e. The molecule has 0 aliphatic carbocycles. The van der Waals surface area contributed by atoms with E-state index in [1.807, 2.05) is 13.7 Å². The lowest BCUT2D eigenvalue weighted by Gasteiger charge is -2.14. The van der Waals surface area contributed by atoms with Crippen LogP contribution in [0.4, 0.5) is 0 Å². The van der Waals surface area contributed by atoms with Crippen molar-refractivity contribution < 1.29 is 4.65 Å². The van der Waals surface area contributed by atoms with Crippen LogP contribution < -0.4 is 0 Å². The van der Waals surface area contributed by atoms with E-state index in [4.69, 9.17) is 4.65 Å². The Morgan fingerprint density at radius 1 is 1.44 bits per heavy atom. The topological polar surface area (TPSA) is 9.23 Å². The third-order valence-electron chi connectivity index (χ3n) is 1.54. The first-order chi connectivity index (χ1) is 4.20. The summed E-state index contributed by atoms with van der Waals surface area (Å²) in [7, 11) is 0. The number of hydrogen-bond donors (Lipinski definition) is 0. The van der Waals surface area contributed by atoms with Gasteiger partial charge < -0.3 is 4.65 Å². The van der Waals surface area contributed by atoms with Crippen LogP contribution in [0.5, 0.6) is 0 Å². The van der Waals surface area contributed by atoms with Gasteiger partial charge >= 0.3 is 6.92 Å². The summed E-state index contributed by atoms with van der Waals surface area (Å²) in [5, 5.41) is 0. The molecule has 9 heavy (non-hydrogen) atoms. The minimum Gasteiger partial charge on any atom is -0.559 e. The molecular formula is C7H11BO. The molecule has 48 valence electrons. The minimum atomic E-state index is 0.258. The predicted octanol–water partition coefficient (Wildman–Crippen LogP) is 2.03. The van der Waals surface area contributed by atoms with Gasteiger partial charge in [-0.2, -0.15) is 0 Å². The van der Waals surface area contributed by atoms with E-state index in [-0.39, 0.29) is 6.92 Å². The quantitative estimate of drug-likeness (QED) is 0.446. The summed E-state index contributed by atoms with van der Waals surface area (Å²) in [6.07, 6.45) is 2.10. The summed E-state index contributed by atoms with van der Waals surface area (Å²) in [6, 6.07) is 0. The second kappa shape index (κ2) is 2.30. The maximum absolute atomic E-state index is 5.39. The van der Waals surface area contributed by atoms with E-state index in [0.29, 0.717) is 0 Å². The summed E-state index contributed by atoms with van der Waals surface area (Å²) in [5.74, 6) is 3.10. The fourth-order valence-electron chi connectivity index (χ4n) is 0.808. The minimum absolute atomic E-state index is 0.258. The van der Waals surface area contributed by atoms with E-state index < -0.39 is 0 Å². The fourth-order valence-corrected chi connectivity index (χ4v) is 0.808. The van der Waals surface area contributed by atoms with E-state index in [0.717, 1.165) is 5.76 Å². The maximum atomic E-state index is 5.39. The second-order valence-electron chi connectivity index (χ2n) is 2.42. The Bertz CT molecular complexity index is 170. The molecule has 0 radical (unpaired) electrons. The van der Waals surface area contributed by atoms with Gasteiger partial charge in [0.15, 0.2) is 0 Å². The Labute approximate surface area is 56.5 Å². The first-order valence-corrected chi connectivity index (χ1v) is 3.22. The first-order valence-electron chi connectivity index (χ1n) is 3.22. The highest BCUT2D eigenvalue weighted by molar-refractivity contribution is 6.56. The average Bonchev–Trinajstić information content (AvgIpc) is 1.80. The van der Waals surface area contributed by atoms with Crippen molar-refractivity contribution in [1.29, 1.82) is 0 Å². The number of allylic oxidation sites excluding steroid dienone is 3. The van der Waals surface area contributed by atoms with Gasteiger partial charge in [0.2, 0.25) is 0 Å². The van der Waals surface area contributed by atoms with Crippen molar-refractivity contribution in [3.8, 4) is 0 Å². The molecule has 0 amide bonds. The third kappa shape index (κ3) is 1.38. The van der Waals surface area contributed by atoms with Gasteiger partial charge in [-0.15, -0.1) is 0 Å². The molecule has 0 aromatic carbocycles. The van der Waals surface area contributed by atoms with Crippen LogP contribution in [-0.4, -0.2) is 6.92 Å². The Hall–Kier alpha value is -0.655. The molecule has 0 bridgehead atoms. The van der Waals surface area contributed by atoms with Gasteiger partial charge in [-0.05, 0) is 26.2 Å². The van der Waals surface area contributed by atoms with Gasteiger partial charge in [0.25, 0.3) is 0 Å². The number of hydrogen-bond acceptors (Lipinski definition) is 1. The monoisotopic (exact) mass is 122 g/mol. The highest BCUT2D eigenvalue weighted by Crippen LogP contribution is 2.13. The highest BCUT2D eigenvalue weighted by atomic mass is 16.4. The zero-order chi connectivity index (χ0) is 6.85. The summed E-state index contributed by atoms with van der Waals surface area (Å²) in [6.45, 7) is 6.34. The summed E-state index contributed by atoms with van der Waals surface area (Å²) < 4.78 is 5.39. The third-order valence-corrected chi connectivity index (χ3v) is 1.54. The molecule has 1 heterocycles. The number of rotatable bonds is 0. The van der Waals surface area contributed by atoms with Crippen LogP contribution in [0.3, 0.4) is 0 Å². The van der Waals surface area contributed by atoms with Crippen molar-refractivity contribution in [2.75, 3.05) is 0 Å². The van der Waals surface area contributed by atoms with Gasteiger partial charge in [0.1, 0.15) is 0 Å². The van der Waals surface area contributed by atoms with E-state index in [1.165, 1.54) is 5.57 Å². The van der Waals surface area contributed by atoms with E-state index in [2.05, 4.69) is 19.0 Å². The van der Waals surface area contributed by atoms with Crippen LogP contribution >= 0.6 is 0 Å². The van der Waals surface area contributed by atoms with Crippen molar-refractivity contribution in [2.45, 2.75) is 20.7 Å². The molecule has 1 aliphatic heterocycles. The summed E-state index contributed by atoms with van der Waals surface area (Å²) in [5.41, 5.74) is 1.23. The molecule has 0 saturated carbocycles. The van der Waals surface area contributed by atoms with Crippen molar-refractivity contribution in [3.63, 3.8) is 0 Å². The van der Waals surface area contributed by atoms with Crippen molar-refractivity contribution >= 4 is 6.92 Å². The molecule has 2 heteroatoms. The molecule has 0 fully saturated rings. The first kappa shape index (κ1) is 6.46. The van der Waals surface area contributed by atoms with Crippen LogP contribution in [0.1, 0.15) is 13.8 Å². The summed E-state index contributed by atoms with van der Waals surface area (Å²) >= 11 is 0. The zero-order valence-electron chi connectivity index (χ0n) is 6.14. The fraction of sp³-hybridized carbons (Fsp3) is 0.429. The average molecular weight is 122 g/mol. The predicted molar refractivity (Wildman–Crippen MR) is 40.2 cm³/mol. The van der Waals surface area contributed by atoms with Crippen molar-refractivity contribution in [1.82, 2.24) is 0 Å². The van der Waals surface area contributed by atoms with Gasteiger partial charge in [-0.1, -0.05) is 12.1 Å². The highest BCUT2D eigenvalue weighted by Gasteiger charge is 2.10. The Balaban J connectivity index is 2.75. The van der Waals surface area contributed by atoms with Crippen LogP contribution in [0, 0.1) is 0 Å². The molecular weight excluding hydrogens is 111 g/mol. The van der Waals surface area contributed by atoms with E-state index in [9.17, 15) is 0 Å². The Kier molecular flexibility index (Phi) is 1.65. The molecule has 0 aromatic heterocycles. The molecule has 1 nitrogen and oxygen atoms in total. The summed E-state index contributed by atoms with van der Waals surface area (Å²) in [4.78, 5) is 0. The smallest absolute Gasteiger partial charge is 0.380 e. The van der Waals surface area contributed by atoms with Crippen molar-refractivity contribution in [2.24, 2.45) is 0 Å². The maximum Gasteiger partial charge on any atom is 0.380 e. The molecule has 0 spiro atoms. The lowest BCUT2D eigenvalue weighted by molar-refractivity contribution is 0.438. The molecule has 0 N–H and O–H groups in total. The van der Waals surface area contributed by atoms with Gasteiger partial charge in [0, 0.05) is 0 Å². The standard InChI is InChI=1S/C7H11BO/c1-6-4-5-8(3)9-7(6)2/h4-5H,1-3H3. The lowest BCUT2D eigenvalue weighted by Crippen LogP contribution is -2.12. The van der Waals surface area contributed by atoms with Crippen LogP contribution in [0.15, 0.2) is 23.4 Å². The van der Waals surface area contributed by atoms with Crippen LogP contribution in [0.25, 0.3) is 0 Å². The lowest BCUT2D eigenvalue weighted by atomic mass is 9.69. The van der Waals surface area contributed by atoms with Crippen LogP contribution in [-0.2, 0) is 4.65 Å². The van der Waals surface area contributed by atoms with Crippen molar-refractivity contribution in [3.05, 3.63) is 23.4 Å². The Morgan fingerprint density at radius 3 is 2.56 bits per heavy atom. The van der Waals surface area contributed by atoms with Crippen LogP contribution in [0.2, 0.25) is 6.82 Å². The SMILES string of the molecule is CB1C=CC(C)=C(C)O1.